The molecule has 1 aromatic carbocycles. The summed E-state index contributed by atoms with van der Waals surface area (Å²) in [7, 11) is 1.83. The normalized spacial score (nSPS) is 10.3. The fourth-order valence-corrected chi connectivity index (χ4v) is 1.63. The highest BCUT2D eigenvalue weighted by Gasteiger charge is 2.07. The maximum atomic E-state index is 11.9. The number of carbonyl (C=O) groups is 1. The molecule has 1 aromatic heterocycles. The smallest absolute Gasteiger partial charge is 0.251 e. The molecule has 0 atom stereocenters. The van der Waals surface area contributed by atoms with Crippen molar-refractivity contribution in [1.29, 1.82) is 0 Å². The third kappa shape index (κ3) is 2.68. The van der Waals surface area contributed by atoms with E-state index in [-0.39, 0.29) is 11.7 Å². The number of aromatic nitrogens is 2. The fourth-order valence-electron chi connectivity index (χ4n) is 1.63. The maximum absolute atomic E-state index is 11.9. The van der Waals surface area contributed by atoms with Crippen molar-refractivity contribution in [3.8, 4) is 5.75 Å². The highest BCUT2D eigenvalue weighted by molar-refractivity contribution is 5.94. The Morgan fingerprint density at radius 3 is 2.83 bits per heavy atom. The number of carbonyl (C=O) groups excluding carboxylic acids is 1. The van der Waals surface area contributed by atoms with Gasteiger partial charge in [0.1, 0.15) is 5.75 Å². The largest absolute Gasteiger partial charge is 0.508 e. The van der Waals surface area contributed by atoms with Gasteiger partial charge in [-0.3, -0.25) is 9.48 Å². The zero-order valence-electron chi connectivity index (χ0n) is 10.3. The van der Waals surface area contributed by atoms with E-state index >= 15 is 0 Å². The minimum atomic E-state index is -0.177. The molecule has 2 rings (SSSR count). The molecule has 2 aromatic rings. The lowest BCUT2D eigenvalue weighted by atomic mass is 10.1. The van der Waals surface area contributed by atoms with E-state index in [1.165, 1.54) is 6.07 Å². The van der Waals surface area contributed by atoms with Gasteiger partial charge >= 0.3 is 0 Å². The minimum Gasteiger partial charge on any atom is -0.508 e. The Morgan fingerprint density at radius 1 is 1.44 bits per heavy atom. The van der Waals surface area contributed by atoms with Gasteiger partial charge in [-0.1, -0.05) is 0 Å². The van der Waals surface area contributed by atoms with Crippen LogP contribution in [0.3, 0.4) is 0 Å². The third-order valence-electron chi connectivity index (χ3n) is 2.66. The Labute approximate surface area is 105 Å². The molecule has 0 saturated carbocycles. The van der Waals surface area contributed by atoms with E-state index in [0.717, 1.165) is 5.69 Å². The van der Waals surface area contributed by atoms with Crippen LogP contribution in [0.15, 0.2) is 30.5 Å². The van der Waals surface area contributed by atoms with Gasteiger partial charge in [0.2, 0.25) is 0 Å². The molecule has 2 N–H and O–H groups in total. The van der Waals surface area contributed by atoms with E-state index in [1.54, 1.807) is 23.7 Å². The van der Waals surface area contributed by atoms with Crippen molar-refractivity contribution < 1.29 is 9.90 Å². The summed E-state index contributed by atoms with van der Waals surface area (Å²) >= 11 is 0. The second-order valence-electron chi connectivity index (χ2n) is 4.16. The number of nitrogens with one attached hydrogen (secondary N) is 1. The predicted molar refractivity (Wildman–Crippen MR) is 67.2 cm³/mol. The Balaban J connectivity index is 2.01. The highest BCUT2D eigenvalue weighted by atomic mass is 16.3. The lowest BCUT2D eigenvalue weighted by Crippen LogP contribution is -2.23. The van der Waals surface area contributed by atoms with Crippen LogP contribution >= 0.6 is 0 Å². The Bertz CT molecular complexity index is 575. The van der Waals surface area contributed by atoms with E-state index < -0.39 is 0 Å². The monoisotopic (exact) mass is 245 g/mol. The number of phenols is 1. The van der Waals surface area contributed by atoms with Crippen LogP contribution in [0, 0.1) is 6.92 Å². The summed E-state index contributed by atoms with van der Waals surface area (Å²) in [5, 5.41) is 16.3. The molecule has 1 amide bonds. The molecule has 0 fully saturated rings. The van der Waals surface area contributed by atoms with Gasteiger partial charge < -0.3 is 10.4 Å². The lowest BCUT2D eigenvalue weighted by molar-refractivity contribution is 0.0950. The van der Waals surface area contributed by atoms with Crippen LogP contribution in [0.25, 0.3) is 0 Å². The summed E-state index contributed by atoms with van der Waals surface area (Å²) in [4.78, 5) is 11.9. The molecule has 0 aliphatic rings. The van der Waals surface area contributed by atoms with Crippen molar-refractivity contribution in [2.45, 2.75) is 13.5 Å². The van der Waals surface area contributed by atoms with Gasteiger partial charge in [0.15, 0.2) is 0 Å². The van der Waals surface area contributed by atoms with E-state index in [9.17, 15) is 9.90 Å². The number of nitrogens with zero attached hydrogens (tertiary/aromatic N) is 2. The van der Waals surface area contributed by atoms with E-state index in [1.807, 2.05) is 19.3 Å². The first kappa shape index (κ1) is 12.2. The molecular weight excluding hydrogens is 230 g/mol. The first-order chi connectivity index (χ1) is 8.56. The SMILES string of the molecule is Cc1cc(C(=O)NCc2ccn(C)n2)ccc1O. The van der Waals surface area contributed by atoms with E-state index in [2.05, 4.69) is 10.4 Å². The number of benzene rings is 1. The van der Waals surface area contributed by atoms with Gasteiger partial charge in [-0.25, -0.2) is 0 Å². The molecule has 5 heteroatoms. The van der Waals surface area contributed by atoms with Gasteiger partial charge in [0.05, 0.1) is 12.2 Å². The van der Waals surface area contributed by atoms with Crippen molar-refractivity contribution in [3.05, 3.63) is 47.3 Å². The van der Waals surface area contributed by atoms with Gasteiger partial charge in [0, 0.05) is 18.8 Å². The molecule has 5 nitrogen and oxygen atoms in total. The number of hydrogen-bond donors (Lipinski definition) is 2. The molecule has 0 saturated heterocycles. The van der Waals surface area contributed by atoms with Crippen molar-refractivity contribution in [3.63, 3.8) is 0 Å². The van der Waals surface area contributed by atoms with Crippen molar-refractivity contribution in [2.24, 2.45) is 7.05 Å². The average Bonchev–Trinajstić information content (AvgIpc) is 2.75. The quantitative estimate of drug-likeness (QED) is 0.858. The van der Waals surface area contributed by atoms with Crippen LogP contribution in [0.4, 0.5) is 0 Å². The van der Waals surface area contributed by atoms with E-state index in [4.69, 9.17) is 0 Å². The molecular formula is C13H15N3O2. The van der Waals surface area contributed by atoms with Crippen LogP contribution in [-0.2, 0) is 13.6 Å². The molecule has 1 heterocycles. The van der Waals surface area contributed by atoms with Crippen LogP contribution in [-0.4, -0.2) is 20.8 Å². The molecule has 0 unspecified atom stereocenters. The highest BCUT2D eigenvalue weighted by Crippen LogP contribution is 2.16. The van der Waals surface area contributed by atoms with Crippen molar-refractivity contribution in [1.82, 2.24) is 15.1 Å². The zero-order valence-corrected chi connectivity index (χ0v) is 10.3. The summed E-state index contributed by atoms with van der Waals surface area (Å²) in [6, 6.07) is 6.62. The van der Waals surface area contributed by atoms with Crippen molar-refractivity contribution >= 4 is 5.91 Å². The topological polar surface area (TPSA) is 67.2 Å². The fraction of sp³-hybridized carbons (Fsp3) is 0.231. The first-order valence-corrected chi connectivity index (χ1v) is 5.62. The Kier molecular flexibility index (Phi) is 3.32. The molecule has 0 radical (unpaired) electrons. The van der Waals surface area contributed by atoms with E-state index in [0.29, 0.717) is 17.7 Å². The van der Waals surface area contributed by atoms with Gasteiger partial charge in [-0.15, -0.1) is 0 Å². The standard InChI is InChI=1S/C13H15N3O2/c1-9-7-10(3-4-12(9)17)13(18)14-8-11-5-6-16(2)15-11/h3-7,17H,8H2,1-2H3,(H,14,18). The lowest BCUT2D eigenvalue weighted by Gasteiger charge is -2.05. The van der Waals surface area contributed by atoms with Crippen LogP contribution in [0.2, 0.25) is 0 Å². The molecule has 94 valence electrons. The maximum Gasteiger partial charge on any atom is 0.251 e. The molecule has 18 heavy (non-hydrogen) atoms. The third-order valence-corrected chi connectivity index (χ3v) is 2.66. The molecule has 0 aliphatic heterocycles. The number of hydrogen-bond acceptors (Lipinski definition) is 3. The second-order valence-corrected chi connectivity index (χ2v) is 4.16. The van der Waals surface area contributed by atoms with Crippen LogP contribution in [0.1, 0.15) is 21.6 Å². The summed E-state index contributed by atoms with van der Waals surface area (Å²) in [5.74, 6) is 0.0139. The number of rotatable bonds is 3. The van der Waals surface area contributed by atoms with Gasteiger partial charge in [-0.2, -0.15) is 5.10 Å². The number of phenolic OH excluding ortho intramolecular Hbond substituents is 1. The zero-order chi connectivity index (χ0) is 13.1. The van der Waals surface area contributed by atoms with Crippen LogP contribution < -0.4 is 5.32 Å². The second kappa shape index (κ2) is 4.91. The average molecular weight is 245 g/mol. The van der Waals surface area contributed by atoms with Crippen molar-refractivity contribution in [2.75, 3.05) is 0 Å². The first-order valence-electron chi connectivity index (χ1n) is 5.62. The molecule has 0 spiro atoms. The summed E-state index contributed by atoms with van der Waals surface area (Å²) in [5.41, 5.74) is 2.02. The summed E-state index contributed by atoms with van der Waals surface area (Å²) in [6.07, 6.45) is 1.83. The number of aryl methyl sites for hydroxylation is 2. The predicted octanol–water partition coefficient (Wildman–Crippen LogP) is 1.36. The summed E-state index contributed by atoms with van der Waals surface area (Å²) < 4.78 is 1.69. The number of amides is 1. The van der Waals surface area contributed by atoms with Gasteiger partial charge in [-0.05, 0) is 36.8 Å². The van der Waals surface area contributed by atoms with Crippen LogP contribution in [0.5, 0.6) is 5.75 Å². The summed E-state index contributed by atoms with van der Waals surface area (Å²) in [6.45, 7) is 2.14. The minimum absolute atomic E-state index is 0.177. The molecule has 0 bridgehead atoms. The Morgan fingerprint density at radius 2 is 2.22 bits per heavy atom. The number of aromatic hydroxyl groups is 1. The Hall–Kier alpha value is -2.30. The van der Waals surface area contributed by atoms with Gasteiger partial charge in [0.25, 0.3) is 5.91 Å². The molecule has 0 aliphatic carbocycles.